The highest BCUT2D eigenvalue weighted by Crippen LogP contribution is 2.22. The van der Waals surface area contributed by atoms with Gasteiger partial charge in [-0.05, 0) is 42.3 Å². The number of benzene rings is 1. The van der Waals surface area contributed by atoms with Crippen LogP contribution in [0.3, 0.4) is 0 Å². The Kier molecular flexibility index (Phi) is 3.33. The van der Waals surface area contributed by atoms with E-state index < -0.39 is 0 Å². The summed E-state index contributed by atoms with van der Waals surface area (Å²) in [5, 5.41) is 6.37. The fourth-order valence-corrected chi connectivity index (χ4v) is 2.10. The molecule has 0 amide bonds. The minimum Gasteiger partial charge on any atom is -0.382 e. The summed E-state index contributed by atoms with van der Waals surface area (Å²) in [6, 6.07) is 7.95. The fraction of sp³-hybridized carbons (Fsp3) is 0.500. The Labute approximate surface area is 89.9 Å². The quantitative estimate of drug-likeness (QED) is 0.760. The molecule has 15 heavy (non-hydrogen) atoms. The van der Waals surface area contributed by atoms with Crippen LogP contribution < -0.4 is 5.32 Å². The highest BCUT2D eigenvalue weighted by molar-refractivity contribution is 5.51. The molecule has 0 heterocycles. The number of nitroso groups, excluding NO2 is 1. The number of nitrogens with zero attached hydrogens (tertiary/aromatic N) is 1. The lowest BCUT2D eigenvalue weighted by Crippen LogP contribution is -2.21. The summed E-state index contributed by atoms with van der Waals surface area (Å²) in [6.07, 6.45) is 6.53. The van der Waals surface area contributed by atoms with Crippen LogP contribution in [0, 0.1) is 4.91 Å². The van der Waals surface area contributed by atoms with Crippen molar-refractivity contribution in [3.63, 3.8) is 0 Å². The molecule has 1 saturated carbocycles. The average molecular weight is 204 g/mol. The monoisotopic (exact) mass is 204 g/mol. The summed E-state index contributed by atoms with van der Waals surface area (Å²) in [6.45, 7) is 0. The third-order valence-corrected chi connectivity index (χ3v) is 2.95. The van der Waals surface area contributed by atoms with E-state index in [2.05, 4.69) is 10.5 Å². The molecular formula is C12H16N2O. The van der Waals surface area contributed by atoms with Crippen molar-refractivity contribution in [2.45, 2.75) is 38.1 Å². The normalized spacial score (nSPS) is 17.3. The largest absolute Gasteiger partial charge is 0.382 e. The number of rotatable bonds is 3. The third kappa shape index (κ3) is 2.78. The second kappa shape index (κ2) is 4.91. The van der Waals surface area contributed by atoms with Gasteiger partial charge >= 0.3 is 0 Å². The molecule has 1 aliphatic rings. The highest BCUT2D eigenvalue weighted by atomic mass is 16.3. The predicted octanol–water partition coefficient (Wildman–Crippen LogP) is 3.83. The van der Waals surface area contributed by atoms with E-state index in [0.717, 1.165) is 5.69 Å². The SMILES string of the molecule is O=Nc1ccc(NC2CCCCC2)cc1. The van der Waals surface area contributed by atoms with E-state index in [1.165, 1.54) is 32.1 Å². The lowest BCUT2D eigenvalue weighted by molar-refractivity contribution is 0.463. The van der Waals surface area contributed by atoms with Crippen LogP contribution in [0.2, 0.25) is 0 Å². The summed E-state index contributed by atoms with van der Waals surface area (Å²) in [4.78, 5) is 10.2. The lowest BCUT2D eigenvalue weighted by atomic mass is 9.95. The molecule has 0 bridgehead atoms. The van der Waals surface area contributed by atoms with Crippen LogP contribution in [0.5, 0.6) is 0 Å². The van der Waals surface area contributed by atoms with Crippen LogP contribution in [0.4, 0.5) is 11.4 Å². The first kappa shape index (κ1) is 10.1. The summed E-state index contributed by atoms with van der Waals surface area (Å²) in [5.74, 6) is 0. The molecule has 0 spiro atoms. The molecule has 1 aliphatic carbocycles. The van der Waals surface area contributed by atoms with Crippen molar-refractivity contribution in [3.8, 4) is 0 Å². The van der Waals surface area contributed by atoms with Gasteiger partial charge in [0.25, 0.3) is 0 Å². The maximum absolute atomic E-state index is 10.2. The summed E-state index contributed by atoms with van der Waals surface area (Å²) < 4.78 is 0. The van der Waals surface area contributed by atoms with Crippen LogP contribution >= 0.6 is 0 Å². The molecule has 0 radical (unpaired) electrons. The standard InChI is InChI=1S/C12H16N2O/c15-14-12-8-6-11(7-9-12)13-10-4-2-1-3-5-10/h6-10,13H,1-5H2. The van der Waals surface area contributed by atoms with Gasteiger partial charge in [0.15, 0.2) is 0 Å². The number of nitrogens with one attached hydrogen (secondary N) is 1. The van der Waals surface area contributed by atoms with Crippen molar-refractivity contribution in [1.82, 2.24) is 0 Å². The van der Waals surface area contributed by atoms with Gasteiger partial charge in [0.1, 0.15) is 5.69 Å². The van der Waals surface area contributed by atoms with Crippen molar-refractivity contribution in [2.24, 2.45) is 5.18 Å². The van der Waals surface area contributed by atoms with E-state index in [0.29, 0.717) is 11.7 Å². The Morgan fingerprint density at radius 2 is 1.73 bits per heavy atom. The maximum Gasteiger partial charge on any atom is 0.108 e. The molecule has 1 aromatic carbocycles. The molecule has 0 saturated heterocycles. The molecule has 0 aliphatic heterocycles. The van der Waals surface area contributed by atoms with Crippen molar-refractivity contribution in [1.29, 1.82) is 0 Å². The van der Waals surface area contributed by atoms with E-state index in [4.69, 9.17) is 0 Å². The molecule has 3 nitrogen and oxygen atoms in total. The van der Waals surface area contributed by atoms with Crippen LogP contribution in [0.1, 0.15) is 32.1 Å². The predicted molar refractivity (Wildman–Crippen MR) is 62.4 cm³/mol. The minimum absolute atomic E-state index is 0.490. The van der Waals surface area contributed by atoms with Gasteiger partial charge in [0.2, 0.25) is 0 Å². The Hall–Kier alpha value is -1.38. The zero-order valence-electron chi connectivity index (χ0n) is 8.78. The smallest absolute Gasteiger partial charge is 0.108 e. The molecular weight excluding hydrogens is 188 g/mol. The molecule has 0 atom stereocenters. The van der Waals surface area contributed by atoms with Crippen molar-refractivity contribution < 1.29 is 0 Å². The van der Waals surface area contributed by atoms with Crippen LogP contribution in [-0.4, -0.2) is 6.04 Å². The van der Waals surface area contributed by atoms with Gasteiger partial charge in [-0.3, -0.25) is 0 Å². The average Bonchev–Trinajstić information content (AvgIpc) is 2.31. The Morgan fingerprint density at radius 1 is 1.07 bits per heavy atom. The van der Waals surface area contributed by atoms with E-state index >= 15 is 0 Å². The minimum atomic E-state index is 0.490. The first-order chi connectivity index (χ1) is 7.38. The maximum atomic E-state index is 10.2. The molecule has 3 heteroatoms. The number of hydrogen-bond donors (Lipinski definition) is 1. The molecule has 1 fully saturated rings. The van der Waals surface area contributed by atoms with E-state index in [9.17, 15) is 4.91 Å². The van der Waals surface area contributed by atoms with Gasteiger partial charge in [-0.2, -0.15) is 0 Å². The summed E-state index contributed by atoms with van der Waals surface area (Å²) in [7, 11) is 0. The van der Waals surface area contributed by atoms with Crippen molar-refractivity contribution in [2.75, 3.05) is 5.32 Å². The molecule has 1 N–H and O–H groups in total. The van der Waals surface area contributed by atoms with Crippen molar-refractivity contribution >= 4 is 11.4 Å². The zero-order valence-corrected chi connectivity index (χ0v) is 8.78. The van der Waals surface area contributed by atoms with Gasteiger partial charge in [-0.15, -0.1) is 4.91 Å². The number of hydrogen-bond acceptors (Lipinski definition) is 3. The zero-order chi connectivity index (χ0) is 10.5. The summed E-state index contributed by atoms with van der Waals surface area (Å²) >= 11 is 0. The topological polar surface area (TPSA) is 41.5 Å². The summed E-state index contributed by atoms with van der Waals surface area (Å²) in [5.41, 5.74) is 1.58. The van der Waals surface area contributed by atoms with Gasteiger partial charge in [-0.25, -0.2) is 0 Å². The molecule has 1 aromatic rings. The molecule has 0 aromatic heterocycles. The fourth-order valence-electron chi connectivity index (χ4n) is 2.10. The van der Waals surface area contributed by atoms with Crippen LogP contribution in [-0.2, 0) is 0 Å². The molecule has 0 unspecified atom stereocenters. The van der Waals surface area contributed by atoms with Gasteiger partial charge in [0, 0.05) is 11.7 Å². The first-order valence-corrected chi connectivity index (χ1v) is 5.58. The van der Waals surface area contributed by atoms with Crippen LogP contribution in [0.25, 0.3) is 0 Å². The highest BCUT2D eigenvalue weighted by Gasteiger charge is 2.12. The Balaban J connectivity index is 1.94. The van der Waals surface area contributed by atoms with Gasteiger partial charge in [-0.1, -0.05) is 19.3 Å². The van der Waals surface area contributed by atoms with Crippen molar-refractivity contribution in [3.05, 3.63) is 29.2 Å². The second-order valence-electron chi connectivity index (χ2n) is 4.12. The second-order valence-corrected chi connectivity index (χ2v) is 4.12. The van der Waals surface area contributed by atoms with Gasteiger partial charge < -0.3 is 5.32 Å². The van der Waals surface area contributed by atoms with E-state index in [1.54, 1.807) is 12.1 Å². The Bertz CT molecular complexity index is 315. The Morgan fingerprint density at radius 3 is 2.33 bits per heavy atom. The molecule has 2 rings (SSSR count). The van der Waals surface area contributed by atoms with E-state index in [1.807, 2.05) is 12.1 Å². The lowest BCUT2D eigenvalue weighted by Gasteiger charge is -2.23. The first-order valence-electron chi connectivity index (χ1n) is 5.58. The van der Waals surface area contributed by atoms with Crippen LogP contribution in [0.15, 0.2) is 29.4 Å². The third-order valence-electron chi connectivity index (χ3n) is 2.95. The van der Waals surface area contributed by atoms with E-state index in [-0.39, 0.29) is 0 Å². The van der Waals surface area contributed by atoms with Gasteiger partial charge in [0.05, 0.1) is 0 Å². The number of anilines is 1. The molecule has 80 valence electrons.